The van der Waals surface area contributed by atoms with Crippen LogP contribution in [0.5, 0.6) is 5.75 Å². The van der Waals surface area contributed by atoms with Gasteiger partial charge in [0.25, 0.3) is 5.91 Å². The lowest BCUT2D eigenvalue weighted by Gasteiger charge is -2.37. The highest BCUT2D eigenvalue weighted by molar-refractivity contribution is 7.10. The molecule has 1 aromatic heterocycles. The minimum atomic E-state index is -0.335. The Hall–Kier alpha value is -2.98. The molecule has 3 aromatic rings. The molecule has 39 heavy (non-hydrogen) atoms. The molecule has 1 atom stereocenters. The lowest BCUT2D eigenvalue weighted by molar-refractivity contribution is -0.135. The number of halogens is 2. The number of hydrogen-bond donors (Lipinski definition) is 0. The van der Waals surface area contributed by atoms with Crippen molar-refractivity contribution in [2.24, 2.45) is 0 Å². The van der Waals surface area contributed by atoms with Crippen molar-refractivity contribution in [1.82, 2.24) is 14.7 Å². The summed E-state index contributed by atoms with van der Waals surface area (Å²) in [7, 11) is 0. The van der Waals surface area contributed by atoms with Crippen LogP contribution in [0.25, 0.3) is 0 Å². The molecular formula is C29H31ClFN3O4S. The van der Waals surface area contributed by atoms with E-state index in [1.165, 1.54) is 17.0 Å². The Morgan fingerprint density at radius 2 is 1.90 bits per heavy atom. The van der Waals surface area contributed by atoms with E-state index in [1.807, 2.05) is 16.3 Å². The van der Waals surface area contributed by atoms with Gasteiger partial charge in [-0.1, -0.05) is 17.7 Å². The van der Waals surface area contributed by atoms with Gasteiger partial charge in [-0.15, -0.1) is 11.3 Å². The fraction of sp³-hybridized carbons (Fsp3) is 0.379. The summed E-state index contributed by atoms with van der Waals surface area (Å²) in [6.07, 6.45) is 0.752. The Kier molecular flexibility index (Phi) is 9.13. The first-order chi connectivity index (χ1) is 19.0. The summed E-state index contributed by atoms with van der Waals surface area (Å²) in [6.45, 7) is 4.68. The van der Waals surface area contributed by atoms with E-state index in [4.69, 9.17) is 21.1 Å². The quantitative estimate of drug-likeness (QED) is 0.378. The van der Waals surface area contributed by atoms with Crippen LogP contribution in [0.2, 0.25) is 5.02 Å². The Balaban J connectivity index is 1.33. The van der Waals surface area contributed by atoms with Gasteiger partial charge in [0.1, 0.15) is 24.7 Å². The Bertz CT molecular complexity index is 1280. The minimum absolute atomic E-state index is 0.0534. The predicted molar refractivity (Wildman–Crippen MR) is 149 cm³/mol. The standard InChI is InChI=1S/C29H31ClFN3O4S/c30-22-3-1-2-21(18-22)29(36)33(12-11-32-13-15-37-16-14-32)19-28(35)34-10-8-27-25(9-17-39-27)26(34)20-38-24-6-4-23(31)5-7-24/h1-7,9,17-18,26H,8,10-16,19-20H2/t26-/m0/s1. The molecule has 7 nitrogen and oxygen atoms in total. The fourth-order valence-electron chi connectivity index (χ4n) is 4.98. The van der Waals surface area contributed by atoms with Gasteiger partial charge in [-0.3, -0.25) is 14.5 Å². The maximum absolute atomic E-state index is 13.8. The first kappa shape index (κ1) is 27.6. The number of amides is 2. The van der Waals surface area contributed by atoms with Crippen LogP contribution in [0, 0.1) is 5.82 Å². The summed E-state index contributed by atoms with van der Waals surface area (Å²) in [6, 6.07) is 14.4. The van der Waals surface area contributed by atoms with Gasteiger partial charge in [0.05, 0.1) is 19.3 Å². The first-order valence-electron chi connectivity index (χ1n) is 13.1. The first-order valence-corrected chi connectivity index (χ1v) is 14.3. The molecule has 10 heteroatoms. The summed E-state index contributed by atoms with van der Waals surface area (Å²) >= 11 is 7.84. The average Bonchev–Trinajstić information content (AvgIpc) is 3.44. The van der Waals surface area contributed by atoms with Crippen LogP contribution in [0.4, 0.5) is 4.39 Å². The van der Waals surface area contributed by atoms with Crippen LogP contribution in [0.15, 0.2) is 60.0 Å². The highest BCUT2D eigenvalue weighted by atomic mass is 35.5. The molecule has 2 aliphatic heterocycles. The monoisotopic (exact) mass is 571 g/mol. The maximum atomic E-state index is 13.8. The number of carbonyl (C=O) groups excluding carboxylic acids is 2. The number of nitrogens with zero attached hydrogens (tertiary/aromatic N) is 3. The highest BCUT2D eigenvalue weighted by Gasteiger charge is 2.34. The van der Waals surface area contributed by atoms with Crippen molar-refractivity contribution in [2.45, 2.75) is 12.5 Å². The predicted octanol–water partition coefficient (Wildman–Crippen LogP) is 4.52. The van der Waals surface area contributed by atoms with Gasteiger partial charge < -0.3 is 19.3 Å². The molecule has 2 amide bonds. The second kappa shape index (κ2) is 12.9. The zero-order valence-corrected chi connectivity index (χ0v) is 23.1. The van der Waals surface area contributed by atoms with Gasteiger partial charge >= 0.3 is 0 Å². The smallest absolute Gasteiger partial charge is 0.254 e. The fourth-order valence-corrected chi connectivity index (χ4v) is 6.10. The van der Waals surface area contributed by atoms with E-state index in [0.29, 0.717) is 49.2 Å². The molecule has 0 bridgehead atoms. The molecule has 0 spiro atoms. The average molecular weight is 572 g/mol. The van der Waals surface area contributed by atoms with E-state index < -0.39 is 0 Å². The Morgan fingerprint density at radius 1 is 1.10 bits per heavy atom. The Labute approximate surface area is 236 Å². The Morgan fingerprint density at radius 3 is 2.67 bits per heavy atom. The number of benzene rings is 2. The number of hydrogen-bond acceptors (Lipinski definition) is 6. The van der Waals surface area contributed by atoms with Crippen molar-refractivity contribution in [3.8, 4) is 5.75 Å². The minimum Gasteiger partial charge on any atom is -0.491 e. The van der Waals surface area contributed by atoms with Crippen molar-refractivity contribution in [3.05, 3.63) is 86.8 Å². The molecule has 1 saturated heterocycles. The van der Waals surface area contributed by atoms with Crippen LogP contribution >= 0.6 is 22.9 Å². The molecule has 0 saturated carbocycles. The van der Waals surface area contributed by atoms with Crippen LogP contribution < -0.4 is 4.74 Å². The van der Waals surface area contributed by atoms with E-state index in [9.17, 15) is 14.0 Å². The third kappa shape index (κ3) is 6.97. The molecule has 5 rings (SSSR count). The third-order valence-corrected chi connectivity index (χ3v) is 8.34. The van der Waals surface area contributed by atoms with Crippen LogP contribution in [0.1, 0.15) is 26.8 Å². The molecular weight excluding hydrogens is 541 g/mol. The van der Waals surface area contributed by atoms with Crippen molar-refractivity contribution in [2.75, 3.05) is 59.1 Å². The maximum Gasteiger partial charge on any atom is 0.254 e. The van der Waals surface area contributed by atoms with Crippen molar-refractivity contribution >= 4 is 34.8 Å². The van der Waals surface area contributed by atoms with Gasteiger partial charge in [0.15, 0.2) is 0 Å². The summed E-state index contributed by atoms with van der Waals surface area (Å²) < 4.78 is 24.8. The lowest BCUT2D eigenvalue weighted by Crippen LogP contribution is -2.49. The molecule has 0 aliphatic carbocycles. The van der Waals surface area contributed by atoms with Crippen molar-refractivity contribution in [3.63, 3.8) is 0 Å². The van der Waals surface area contributed by atoms with Crippen molar-refractivity contribution < 1.29 is 23.5 Å². The summed E-state index contributed by atoms with van der Waals surface area (Å²) in [5.74, 6) is -0.170. The van der Waals surface area contributed by atoms with E-state index in [2.05, 4.69) is 4.90 Å². The van der Waals surface area contributed by atoms with Crippen LogP contribution in [0.3, 0.4) is 0 Å². The van der Waals surface area contributed by atoms with Gasteiger partial charge in [0.2, 0.25) is 5.91 Å². The number of carbonyl (C=O) groups is 2. The normalized spacial score (nSPS) is 17.5. The number of rotatable bonds is 9. The van der Waals surface area contributed by atoms with E-state index in [0.717, 1.165) is 25.1 Å². The molecule has 2 aliphatic rings. The molecule has 0 N–H and O–H groups in total. The zero-order valence-electron chi connectivity index (χ0n) is 21.6. The third-order valence-electron chi connectivity index (χ3n) is 7.11. The molecule has 0 unspecified atom stereocenters. The SMILES string of the molecule is O=C(c1cccc(Cl)c1)N(CCN1CCOCC1)CC(=O)N1CCc2sccc2[C@@H]1COc1ccc(F)cc1. The van der Waals surface area contributed by atoms with E-state index in [-0.39, 0.29) is 36.8 Å². The number of thiophene rings is 1. The second-order valence-corrected chi connectivity index (χ2v) is 11.0. The largest absolute Gasteiger partial charge is 0.491 e. The molecule has 0 radical (unpaired) electrons. The number of morpholine rings is 1. The topological polar surface area (TPSA) is 62.3 Å². The lowest BCUT2D eigenvalue weighted by atomic mass is 10.0. The summed E-state index contributed by atoms with van der Waals surface area (Å²) in [5.41, 5.74) is 1.51. The summed E-state index contributed by atoms with van der Waals surface area (Å²) in [5, 5.41) is 2.50. The summed E-state index contributed by atoms with van der Waals surface area (Å²) in [4.78, 5) is 34.3. The second-order valence-electron chi connectivity index (χ2n) is 9.61. The van der Waals surface area contributed by atoms with E-state index >= 15 is 0 Å². The molecule has 206 valence electrons. The number of fused-ring (bicyclic) bond motifs is 1. The van der Waals surface area contributed by atoms with Crippen LogP contribution in [-0.4, -0.2) is 85.6 Å². The van der Waals surface area contributed by atoms with Gasteiger partial charge in [-0.25, -0.2) is 4.39 Å². The van der Waals surface area contributed by atoms with Crippen LogP contribution in [-0.2, 0) is 16.0 Å². The molecule has 3 heterocycles. The zero-order chi connectivity index (χ0) is 27.2. The van der Waals surface area contributed by atoms with Gasteiger partial charge in [0, 0.05) is 48.2 Å². The van der Waals surface area contributed by atoms with E-state index in [1.54, 1.807) is 52.6 Å². The molecule has 1 fully saturated rings. The van der Waals surface area contributed by atoms with Gasteiger partial charge in [-0.05, 0) is 65.9 Å². The molecule has 2 aromatic carbocycles. The number of ether oxygens (including phenoxy) is 2. The highest BCUT2D eigenvalue weighted by Crippen LogP contribution is 2.34. The van der Waals surface area contributed by atoms with Gasteiger partial charge in [-0.2, -0.15) is 0 Å². The van der Waals surface area contributed by atoms with Crippen molar-refractivity contribution in [1.29, 1.82) is 0 Å².